The van der Waals surface area contributed by atoms with E-state index in [4.69, 9.17) is 0 Å². The molecule has 6 heteroatoms. The van der Waals surface area contributed by atoms with Gasteiger partial charge in [-0.2, -0.15) is 5.10 Å². The van der Waals surface area contributed by atoms with Crippen LogP contribution in [-0.2, 0) is 4.79 Å². The van der Waals surface area contributed by atoms with Crippen LogP contribution >= 0.6 is 0 Å². The quantitative estimate of drug-likeness (QED) is 0.792. The van der Waals surface area contributed by atoms with Crippen molar-refractivity contribution in [1.82, 2.24) is 20.5 Å². The zero-order valence-corrected chi connectivity index (χ0v) is 12.1. The highest BCUT2D eigenvalue weighted by Gasteiger charge is 2.25. The summed E-state index contributed by atoms with van der Waals surface area (Å²) < 4.78 is 0. The van der Waals surface area contributed by atoms with Crippen LogP contribution in [0.3, 0.4) is 0 Å². The van der Waals surface area contributed by atoms with Crippen LogP contribution in [0.1, 0.15) is 19.7 Å². The van der Waals surface area contributed by atoms with Crippen molar-refractivity contribution in [3.63, 3.8) is 0 Å². The number of nitrogens with zero attached hydrogens (tertiary/aromatic N) is 2. The smallest absolute Gasteiger partial charge is 0.244 e. The third kappa shape index (κ3) is 3.03. The summed E-state index contributed by atoms with van der Waals surface area (Å²) in [5, 5.41) is 12.8. The molecule has 2 rings (SSSR count). The summed E-state index contributed by atoms with van der Waals surface area (Å²) in [6.07, 6.45) is 0. The molecule has 0 saturated heterocycles. The van der Waals surface area contributed by atoms with Gasteiger partial charge in [0.1, 0.15) is 5.82 Å². The fraction of sp³-hybridized carbons (Fsp3) is 0.357. The van der Waals surface area contributed by atoms with Gasteiger partial charge in [-0.3, -0.25) is 9.89 Å². The van der Waals surface area contributed by atoms with E-state index >= 15 is 0 Å². The Balaban J connectivity index is 2.21. The third-order valence-corrected chi connectivity index (χ3v) is 3.17. The van der Waals surface area contributed by atoms with Crippen LogP contribution in [0.5, 0.6) is 0 Å². The Morgan fingerprint density at radius 2 is 2.10 bits per heavy atom. The van der Waals surface area contributed by atoms with Gasteiger partial charge in [0, 0.05) is 11.3 Å². The molecular weight excluding hydrogens is 254 g/mol. The molecule has 0 spiro atoms. The van der Waals surface area contributed by atoms with Crippen molar-refractivity contribution in [2.24, 2.45) is 0 Å². The van der Waals surface area contributed by atoms with Crippen LogP contribution in [0.2, 0.25) is 0 Å². The molecule has 0 radical (unpaired) electrons. The predicted octanol–water partition coefficient (Wildman–Crippen LogP) is 1.72. The highest BCUT2D eigenvalue weighted by atomic mass is 16.2. The number of hydrogen-bond acceptors (Lipinski definition) is 4. The van der Waals surface area contributed by atoms with Crippen LogP contribution in [-0.4, -0.2) is 33.7 Å². The SMILES string of the molecule is CNC(C)(C)C(=O)Nc1cccc(-c2n[nH]c(C)n2)c1. The van der Waals surface area contributed by atoms with Crippen LogP contribution < -0.4 is 10.6 Å². The first-order chi connectivity index (χ1) is 9.42. The maximum absolute atomic E-state index is 12.1. The predicted molar refractivity (Wildman–Crippen MR) is 78.3 cm³/mol. The van der Waals surface area contributed by atoms with Gasteiger partial charge in [-0.05, 0) is 40.0 Å². The van der Waals surface area contributed by atoms with Crippen LogP contribution in [0.25, 0.3) is 11.4 Å². The van der Waals surface area contributed by atoms with Crippen molar-refractivity contribution in [2.75, 3.05) is 12.4 Å². The van der Waals surface area contributed by atoms with E-state index in [1.54, 1.807) is 7.05 Å². The third-order valence-electron chi connectivity index (χ3n) is 3.17. The van der Waals surface area contributed by atoms with Crippen LogP contribution in [0.4, 0.5) is 5.69 Å². The molecule has 1 aromatic heterocycles. The standard InChI is InChI=1S/C14H19N5O/c1-9-16-12(19-18-9)10-6-5-7-11(8-10)17-13(20)14(2,3)15-4/h5-8,15H,1-4H3,(H,17,20)(H,16,18,19). The number of benzene rings is 1. The summed E-state index contributed by atoms with van der Waals surface area (Å²) in [4.78, 5) is 16.4. The number of hydrogen-bond donors (Lipinski definition) is 3. The van der Waals surface area contributed by atoms with Gasteiger partial charge in [-0.15, -0.1) is 0 Å². The van der Waals surface area contributed by atoms with E-state index in [2.05, 4.69) is 25.8 Å². The van der Waals surface area contributed by atoms with E-state index in [9.17, 15) is 4.79 Å². The lowest BCUT2D eigenvalue weighted by molar-refractivity contribution is -0.121. The summed E-state index contributed by atoms with van der Waals surface area (Å²) >= 11 is 0. The maximum Gasteiger partial charge on any atom is 0.244 e. The van der Waals surface area contributed by atoms with E-state index in [-0.39, 0.29) is 5.91 Å². The maximum atomic E-state index is 12.1. The van der Waals surface area contributed by atoms with Gasteiger partial charge in [0.2, 0.25) is 5.91 Å². The normalized spacial score (nSPS) is 11.4. The van der Waals surface area contributed by atoms with Gasteiger partial charge < -0.3 is 10.6 Å². The molecule has 0 aliphatic carbocycles. The number of amides is 1. The Hall–Kier alpha value is -2.21. The van der Waals surface area contributed by atoms with E-state index in [1.165, 1.54) is 0 Å². The highest BCUT2D eigenvalue weighted by Crippen LogP contribution is 2.20. The molecule has 0 atom stereocenters. The molecule has 20 heavy (non-hydrogen) atoms. The second-order valence-corrected chi connectivity index (χ2v) is 5.15. The minimum Gasteiger partial charge on any atom is -0.324 e. The summed E-state index contributed by atoms with van der Waals surface area (Å²) in [5.74, 6) is 1.28. The lowest BCUT2D eigenvalue weighted by atomic mass is 10.0. The molecule has 0 unspecified atom stereocenters. The Bertz CT molecular complexity index is 618. The number of carbonyl (C=O) groups is 1. The molecule has 1 amide bonds. The van der Waals surface area contributed by atoms with Crippen molar-refractivity contribution in [1.29, 1.82) is 0 Å². The zero-order valence-electron chi connectivity index (χ0n) is 12.1. The first kappa shape index (κ1) is 14.2. The van der Waals surface area contributed by atoms with Crippen molar-refractivity contribution in [2.45, 2.75) is 26.3 Å². The summed E-state index contributed by atoms with van der Waals surface area (Å²) in [5.41, 5.74) is 0.949. The molecule has 0 fully saturated rings. The first-order valence-electron chi connectivity index (χ1n) is 6.42. The average Bonchev–Trinajstić information content (AvgIpc) is 2.85. The minimum absolute atomic E-state index is 0.0942. The monoisotopic (exact) mass is 273 g/mol. The van der Waals surface area contributed by atoms with Gasteiger partial charge in [-0.25, -0.2) is 4.98 Å². The largest absolute Gasteiger partial charge is 0.324 e. The molecule has 0 aliphatic rings. The molecule has 2 aromatic rings. The van der Waals surface area contributed by atoms with E-state index < -0.39 is 5.54 Å². The second kappa shape index (κ2) is 5.42. The van der Waals surface area contributed by atoms with Gasteiger partial charge in [0.15, 0.2) is 5.82 Å². The molecule has 3 N–H and O–H groups in total. The number of nitrogens with one attached hydrogen (secondary N) is 3. The topological polar surface area (TPSA) is 82.7 Å². The minimum atomic E-state index is -0.628. The van der Waals surface area contributed by atoms with Crippen LogP contribution in [0, 0.1) is 6.92 Å². The Morgan fingerprint density at radius 1 is 1.35 bits per heavy atom. The number of H-pyrrole nitrogens is 1. The summed E-state index contributed by atoms with van der Waals surface area (Å²) in [6.45, 7) is 5.49. The number of aromatic amines is 1. The Morgan fingerprint density at radius 3 is 2.70 bits per heavy atom. The molecule has 0 bridgehead atoms. The molecule has 6 nitrogen and oxygen atoms in total. The summed E-state index contributed by atoms with van der Waals surface area (Å²) in [6, 6.07) is 7.46. The fourth-order valence-electron chi connectivity index (χ4n) is 1.61. The molecule has 106 valence electrons. The number of rotatable bonds is 4. The summed E-state index contributed by atoms with van der Waals surface area (Å²) in [7, 11) is 1.76. The lowest BCUT2D eigenvalue weighted by Crippen LogP contribution is -2.47. The van der Waals surface area contributed by atoms with Crippen molar-refractivity contribution >= 4 is 11.6 Å². The molecule has 1 aromatic carbocycles. The molecule has 0 saturated carbocycles. The van der Waals surface area contributed by atoms with E-state index in [1.807, 2.05) is 45.0 Å². The molecule has 1 heterocycles. The Kier molecular flexibility index (Phi) is 3.85. The van der Waals surface area contributed by atoms with Crippen LogP contribution in [0.15, 0.2) is 24.3 Å². The number of aromatic nitrogens is 3. The number of anilines is 1. The lowest BCUT2D eigenvalue weighted by Gasteiger charge is -2.22. The van der Waals surface area contributed by atoms with Gasteiger partial charge in [0.25, 0.3) is 0 Å². The van der Waals surface area contributed by atoms with Crippen molar-refractivity contribution in [3.8, 4) is 11.4 Å². The van der Waals surface area contributed by atoms with Gasteiger partial charge >= 0.3 is 0 Å². The number of aryl methyl sites for hydroxylation is 1. The first-order valence-corrected chi connectivity index (χ1v) is 6.42. The number of carbonyl (C=O) groups excluding carboxylic acids is 1. The average molecular weight is 273 g/mol. The second-order valence-electron chi connectivity index (χ2n) is 5.15. The van der Waals surface area contributed by atoms with Crippen molar-refractivity contribution in [3.05, 3.63) is 30.1 Å². The molecular formula is C14H19N5O. The fourth-order valence-corrected chi connectivity index (χ4v) is 1.61. The van der Waals surface area contributed by atoms with Gasteiger partial charge in [0.05, 0.1) is 5.54 Å². The molecule has 0 aliphatic heterocycles. The van der Waals surface area contributed by atoms with E-state index in [0.717, 1.165) is 17.1 Å². The Labute approximate surface area is 118 Å². The highest BCUT2D eigenvalue weighted by molar-refractivity contribution is 5.97. The van der Waals surface area contributed by atoms with Gasteiger partial charge in [-0.1, -0.05) is 12.1 Å². The van der Waals surface area contributed by atoms with Crippen molar-refractivity contribution < 1.29 is 4.79 Å². The van der Waals surface area contributed by atoms with E-state index in [0.29, 0.717) is 5.82 Å². The zero-order chi connectivity index (χ0) is 14.8. The number of likely N-dealkylation sites (N-methyl/N-ethyl adjacent to an activating group) is 1.